The maximum absolute atomic E-state index is 14.1. The van der Waals surface area contributed by atoms with Gasteiger partial charge in [0.05, 0.1) is 17.2 Å². The molecule has 1 unspecified atom stereocenters. The van der Waals surface area contributed by atoms with E-state index in [0.29, 0.717) is 24.2 Å². The standard InChI is InChI=1S/C26H26BrFN2O/c27-21-3-1-2-20(11-21)23-12-24(19-4-6-22(28)7-5-19)30(29-23)25(31)26-13-16-8-17(14-26)10-18(9-16)15-26/h1-7,11,16-18,24H,8-10,12-15H2. The van der Waals surface area contributed by atoms with E-state index in [0.717, 1.165) is 40.6 Å². The molecule has 1 amide bonds. The van der Waals surface area contributed by atoms with Crippen LogP contribution in [-0.2, 0) is 4.79 Å². The van der Waals surface area contributed by atoms with Gasteiger partial charge in [-0.1, -0.05) is 40.2 Å². The molecule has 4 fully saturated rings. The van der Waals surface area contributed by atoms with Crippen molar-refractivity contribution in [2.45, 2.75) is 51.0 Å². The number of carbonyl (C=O) groups is 1. The average molecular weight is 481 g/mol. The van der Waals surface area contributed by atoms with Crippen LogP contribution >= 0.6 is 15.9 Å². The first-order valence-electron chi connectivity index (χ1n) is 11.4. The predicted octanol–water partition coefficient (Wildman–Crippen LogP) is 6.48. The lowest BCUT2D eigenvalue weighted by atomic mass is 9.49. The van der Waals surface area contributed by atoms with Crippen LogP contribution in [0.5, 0.6) is 0 Å². The summed E-state index contributed by atoms with van der Waals surface area (Å²) in [4.78, 5) is 14.1. The van der Waals surface area contributed by atoms with Crippen molar-refractivity contribution in [1.29, 1.82) is 0 Å². The Morgan fingerprint density at radius 3 is 2.26 bits per heavy atom. The molecule has 0 saturated heterocycles. The highest BCUT2D eigenvalue weighted by molar-refractivity contribution is 9.10. The Morgan fingerprint density at radius 1 is 1.00 bits per heavy atom. The minimum atomic E-state index is -0.256. The molecule has 5 heteroatoms. The first kappa shape index (κ1) is 19.7. The molecule has 4 bridgehead atoms. The SMILES string of the molecule is O=C(N1N=C(c2cccc(Br)c2)CC1c1ccc(F)cc1)C12CC3CC(CC(C3)C1)C2. The van der Waals surface area contributed by atoms with E-state index >= 15 is 0 Å². The summed E-state index contributed by atoms with van der Waals surface area (Å²) in [5.74, 6) is 2.06. The molecule has 4 aliphatic carbocycles. The number of nitrogens with zero attached hydrogens (tertiary/aromatic N) is 2. The van der Waals surface area contributed by atoms with Gasteiger partial charge in [0, 0.05) is 10.9 Å². The van der Waals surface area contributed by atoms with E-state index in [1.165, 1.54) is 31.4 Å². The Morgan fingerprint density at radius 2 is 1.65 bits per heavy atom. The van der Waals surface area contributed by atoms with Crippen LogP contribution < -0.4 is 0 Å². The van der Waals surface area contributed by atoms with Crippen molar-refractivity contribution in [3.8, 4) is 0 Å². The number of hydrazone groups is 1. The van der Waals surface area contributed by atoms with Gasteiger partial charge in [-0.3, -0.25) is 4.79 Å². The third kappa shape index (κ3) is 3.36. The van der Waals surface area contributed by atoms with Crippen LogP contribution in [0.15, 0.2) is 58.1 Å². The minimum Gasteiger partial charge on any atom is -0.272 e. The lowest BCUT2D eigenvalue weighted by Gasteiger charge is -2.56. The van der Waals surface area contributed by atoms with E-state index in [1.807, 2.05) is 18.2 Å². The van der Waals surface area contributed by atoms with Crippen LogP contribution in [0.3, 0.4) is 0 Å². The second kappa shape index (κ2) is 7.26. The van der Waals surface area contributed by atoms with Crippen molar-refractivity contribution in [2.24, 2.45) is 28.3 Å². The van der Waals surface area contributed by atoms with Gasteiger partial charge >= 0.3 is 0 Å². The highest BCUT2D eigenvalue weighted by atomic mass is 79.9. The Bertz CT molecular complexity index is 1030. The third-order valence-corrected chi connectivity index (χ3v) is 8.52. The number of amides is 1. The van der Waals surface area contributed by atoms with E-state index in [4.69, 9.17) is 5.10 Å². The molecule has 31 heavy (non-hydrogen) atoms. The maximum atomic E-state index is 14.1. The van der Waals surface area contributed by atoms with E-state index in [1.54, 1.807) is 17.1 Å². The lowest BCUT2D eigenvalue weighted by Crippen LogP contribution is -2.53. The molecule has 0 N–H and O–H groups in total. The second-order valence-electron chi connectivity index (χ2n) is 10.2. The second-order valence-corrected chi connectivity index (χ2v) is 11.1. The quantitative estimate of drug-likeness (QED) is 0.494. The Kier molecular flexibility index (Phi) is 4.60. The molecule has 160 valence electrons. The number of halogens is 2. The van der Waals surface area contributed by atoms with Crippen LogP contribution in [0.25, 0.3) is 0 Å². The summed E-state index contributed by atoms with van der Waals surface area (Å²) in [6.45, 7) is 0. The molecule has 7 rings (SSSR count). The molecule has 4 saturated carbocycles. The molecule has 0 radical (unpaired) electrons. The molecule has 1 aliphatic heterocycles. The van der Waals surface area contributed by atoms with Gasteiger partial charge in [-0.25, -0.2) is 9.40 Å². The molecular formula is C26H26BrFN2O. The summed E-state index contributed by atoms with van der Waals surface area (Å²) < 4.78 is 14.6. The Labute approximate surface area is 190 Å². The van der Waals surface area contributed by atoms with Crippen molar-refractivity contribution < 1.29 is 9.18 Å². The lowest BCUT2D eigenvalue weighted by molar-refractivity contribution is -0.159. The smallest absolute Gasteiger partial charge is 0.249 e. The van der Waals surface area contributed by atoms with Crippen molar-refractivity contribution in [1.82, 2.24) is 5.01 Å². The Balaban J connectivity index is 1.38. The zero-order chi connectivity index (χ0) is 21.2. The van der Waals surface area contributed by atoms with Gasteiger partial charge in [-0.05, 0) is 91.7 Å². The molecule has 3 nitrogen and oxygen atoms in total. The highest BCUT2D eigenvalue weighted by Gasteiger charge is 2.57. The number of benzene rings is 2. The van der Waals surface area contributed by atoms with E-state index < -0.39 is 0 Å². The fraction of sp³-hybridized carbons (Fsp3) is 0.462. The van der Waals surface area contributed by atoms with Crippen molar-refractivity contribution in [3.63, 3.8) is 0 Å². The van der Waals surface area contributed by atoms with Crippen LogP contribution in [0.1, 0.15) is 62.1 Å². The number of hydrogen-bond acceptors (Lipinski definition) is 2. The minimum absolute atomic E-state index is 0.171. The molecule has 1 heterocycles. The molecule has 0 spiro atoms. The number of rotatable bonds is 3. The normalized spacial score (nSPS) is 33.6. The summed E-state index contributed by atoms with van der Waals surface area (Å²) in [6.07, 6.45) is 7.63. The number of hydrogen-bond donors (Lipinski definition) is 0. The van der Waals surface area contributed by atoms with Crippen LogP contribution in [0, 0.1) is 29.0 Å². The fourth-order valence-corrected chi connectivity index (χ4v) is 7.50. The van der Waals surface area contributed by atoms with Crippen molar-refractivity contribution >= 4 is 27.5 Å². The van der Waals surface area contributed by atoms with Gasteiger partial charge in [-0.15, -0.1) is 0 Å². The monoisotopic (exact) mass is 480 g/mol. The van der Waals surface area contributed by atoms with Gasteiger partial charge in [0.15, 0.2) is 0 Å². The zero-order valence-electron chi connectivity index (χ0n) is 17.4. The molecule has 0 aromatic heterocycles. The maximum Gasteiger partial charge on any atom is 0.249 e. The summed E-state index contributed by atoms with van der Waals surface area (Å²) in [5, 5.41) is 6.70. The molecule has 1 atom stereocenters. The van der Waals surface area contributed by atoms with Crippen LogP contribution in [0.2, 0.25) is 0 Å². The van der Waals surface area contributed by atoms with Gasteiger partial charge in [0.25, 0.3) is 0 Å². The van der Waals surface area contributed by atoms with Gasteiger partial charge in [0.1, 0.15) is 5.82 Å². The van der Waals surface area contributed by atoms with E-state index in [2.05, 4.69) is 22.0 Å². The average Bonchev–Trinajstić information content (AvgIpc) is 3.18. The predicted molar refractivity (Wildman–Crippen MR) is 122 cm³/mol. The first-order chi connectivity index (χ1) is 15.0. The zero-order valence-corrected chi connectivity index (χ0v) is 19.0. The van der Waals surface area contributed by atoms with E-state index in [-0.39, 0.29) is 23.2 Å². The van der Waals surface area contributed by atoms with Gasteiger partial charge in [-0.2, -0.15) is 5.10 Å². The van der Waals surface area contributed by atoms with Crippen LogP contribution in [0.4, 0.5) is 4.39 Å². The summed E-state index contributed by atoms with van der Waals surface area (Å²) >= 11 is 3.55. The first-order valence-corrected chi connectivity index (χ1v) is 12.2. The van der Waals surface area contributed by atoms with Gasteiger partial charge < -0.3 is 0 Å². The third-order valence-electron chi connectivity index (χ3n) is 8.02. The largest absolute Gasteiger partial charge is 0.272 e. The van der Waals surface area contributed by atoms with Crippen molar-refractivity contribution in [2.75, 3.05) is 0 Å². The summed E-state index contributed by atoms with van der Waals surface area (Å²) in [5.41, 5.74) is 2.66. The topological polar surface area (TPSA) is 32.7 Å². The number of carbonyl (C=O) groups excluding carboxylic acids is 1. The molecule has 2 aromatic rings. The summed E-state index contributed by atoms with van der Waals surface area (Å²) in [7, 11) is 0. The van der Waals surface area contributed by atoms with Crippen molar-refractivity contribution in [3.05, 3.63) is 69.9 Å². The molecule has 2 aromatic carbocycles. The molecular weight excluding hydrogens is 455 g/mol. The highest BCUT2D eigenvalue weighted by Crippen LogP contribution is 2.61. The fourth-order valence-electron chi connectivity index (χ4n) is 7.10. The van der Waals surface area contributed by atoms with Crippen LogP contribution in [-0.4, -0.2) is 16.6 Å². The van der Waals surface area contributed by atoms with E-state index in [9.17, 15) is 9.18 Å². The Hall–Kier alpha value is -2.01. The van der Waals surface area contributed by atoms with Gasteiger partial charge in [0.2, 0.25) is 5.91 Å². The molecule has 5 aliphatic rings. The summed E-state index contributed by atoms with van der Waals surface area (Å²) in [6, 6.07) is 14.5.